The summed E-state index contributed by atoms with van der Waals surface area (Å²) in [4.78, 5) is 4.38. The molecule has 4 nitrogen and oxygen atoms in total. The maximum absolute atomic E-state index is 8.87. The Kier molecular flexibility index (Phi) is 6.36. The van der Waals surface area contributed by atoms with E-state index in [2.05, 4.69) is 35.6 Å². The second kappa shape index (κ2) is 7.54. The van der Waals surface area contributed by atoms with Crippen molar-refractivity contribution in [2.45, 2.75) is 53.1 Å². The highest BCUT2D eigenvalue weighted by atomic mass is 16.2. The summed E-state index contributed by atoms with van der Waals surface area (Å²) in [5.74, 6) is 1.11. The Hall–Kier alpha value is -0.870. The van der Waals surface area contributed by atoms with E-state index in [0.29, 0.717) is 0 Å². The summed E-state index contributed by atoms with van der Waals surface area (Å²) in [6.45, 7) is 9.72. The van der Waals surface area contributed by atoms with Crippen molar-refractivity contribution in [1.82, 2.24) is 14.9 Å². The van der Waals surface area contributed by atoms with Gasteiger partial charge in [0.2, 0.25) is 0 Å². The Morgan fingerprint density at radius 3 is 2.89 bits per heavy atom. The summed E-state index contributed by atoms with van der Waals surface area (Å²) < 4.78 is 2.20. The van der Waals surface area contributed by atoms with Crippen molar-refractivity contribution in [3.05, 3.63) is 18.2 Å². The van der Waals surface area contributed by atoms with Crippen molar-refractivity contribution in [3.8, 4) is 0 Å². The van der Waals surface area contributed by atoms with Crippen molar-refractivity contribution in [3.63, 3.8) is 0 Å². The van der Waals surface area contributed by atoms with E-state index >= 15 is 0 Å². The average molecular weight is 253 g/mol. The molecule has 1 heterocycles. The monoisotopic (exact) mass is 253 g/mol. The van der Waals surface area contributed by atoms with E-state index in [0.717, 1.165) is 44.7 Å². The Balaban J connectivity index is 2.34. The first-order valence-corrected chi connectivity index (χ1v) is 6.90. The van der Waals surface area contributed by atoms with Gasteiger partial charge in [-0.05, 0) is 24.7 Å². The third-order valence-electron chi connectivity index (χ3n) is 3.16. The lowest BCUT2D eigenvalue weighted by molar-refractivity contribution is 0.236. The molecule has 0 aromatic carbocycles. The van der Waals surface area contributed by atoms with Crippen LogP contribution in [0.3, 0.4) is 0 Å². The van der Waals surface area contributed by atoms with Crippen molar-refractivity contribution in [1.29, 1.82) is 0 Å². The molecule has 0 amide bonds. The van der Waals surface area contributed by atoms with Gasteiger partial charge in [0.15, 0.2) is 0 Å². The lowest BCUT2D eigenvalue weighted by Gasteiger charge is -2.24. The van der Waals surface area contributed by atoms with E-state index in [4.69, 9.17) is 5.11 Å². The maximum atomic E-state index is 8.87. The van der Waals surface area contributed by atoms with Crippen LogP contribution in [0.5, 0.6) is 0 Å². The van der Waals surface area contributed by atoms with Crippen molar-refractivity contribution in [2.24, 2.45) is 5.41 Å². The summed E-state index contributed by atoms with van der Waals surface area (Å²) in [6.07, 6.45) is 6.95. The van der Waals surface area contributed by atoms with Crippen molar-refractivity contribution in [2.75, 3.05) is 13.2 Å². The SMILES string of the molecule is CCCn1ccnc1CNCC(C)(C)CCCO. The lowest BCUT2D eigenvalue weighted by atomic mass is 9.88. The molecule has 0 radical (unpaired) electrons. The largest absolute Gasteiger partial charge is 0.396 e. The van der Waals surface area contributed by atoms with E-state index in [1.807, 2.05) is 12.4 Å². The second-order valence-corrected chi connectivity index (χ2v) is 5.63. The zero-order valence-electron chi connectivity index (χ0n) is 11.9. The number of hydrogen-bond acceptors (Lipinski definition) is 3. The fourth-order valence-electron chi connectivity index (χ4n) is 2.11. The summed E-state index contributed by atoms with van der Waals surface area (Å²) in [5.41, 5.74) is 0.227. The highest BCUT2D eigenvalue weighted by Gasteiger charge is 2.16. The van der Waals surface area contributed by atoms with Crippen LogP contribution in [-0.4, -0.2) is 27.8 Å². The molecule has 2 N–H and O–H groups in total. The normalized spacial score (nSPS) is 12.0. The van der Waals surface area contributed by atoms with Gasteiger partial charge >= 0.3 is 0 Å². The standard InChI is InChI=1S/C14H27N3O/c1-4-8-17-9-7-16-13(17)11-15-12-14(2,3)6-5-10-18/h7,9,15,18H,4-6,8,10-12H2,1-3H3. The van der Waals surface area contributed by atoms with E-state index in [-0.39, 0.29) is 12.0 Å². The van der Waals surface area contributed by atoms with Gasteiger partial charge in [-0.25, -0.2) is 4.98 Å². The molecular formula is C14H27N3O. The number of imidazole rings is 1. The molecule has 0 saturated carbocycles. The first kappa shape index (κ1) is 15.2. The first-order chi connectivity index (χ1) is 8.59. The highest BCUT2D eigenvalue weighted by molar-refractivity contribution is 4.92. The van der Waals surface area contributed by atoms with Gasteiger partial charge in [0, 0.05) is 32.1 Å². The van der Waals surface area contributed by atoms with Crippen molar-refractivity contribution >= 4 is 0 Å². The zero-order valence-corrected chi connectivity index (χ0v) is 11.9. The summed E-state index contributed by atoms with van der Waals surface area (Å²) in [6, 6.07) is 0. The van der Waals surface area contributed by atoms with E-state index in [1.54, 1.807) is 0 Å². The van der Waals surface area contributed by atoms with Gasteiger partial charge in [-0.1, -0.05) is 20.8 Å². The molecule has 0 spiro atoms. The number of aromatic nitrogens is 2. The maximum Gasteiger partial charge on any atom is 0.122 e. The van der Waals surface area contributed by atoms with Crippen LogP contribution in [0.25, 0.3) is 0 Å². The van der Waals surface area contributed by atoms with E-state index in [9.17, 15) is 0 Å². The number of aliphatic hydroxyl groups excluding tert-OH is 1. The predicted octanol–water partition coefficient (Wildman–Crippen LogP) is 2.18. The molecule has 4 heteroatoms. The fraction of sp³-hybridized carbons (Fsp3) is 0.786. The first-order valence-electron chi connectivity index (χ1n) is 6.90. The van der Waals surface area contributed by atoms with Crippen LogP contribution in [0.15, 0.2) is 12.4 Å². The van der Waals surface area contributed by atoms with Gasteiger partial charge in [-0.3, -0.25) is 0 Å². The van der Waals surface area contributed by atoms with E-state index in [1.165, 1.54) is 0 Å². The van der Waals surface area contributed by atoms with Crippen LogP contribution in [0, 0.1) is 5.41 Å². The van der Waals surface area contributed by atoms with Gasteiger partial charge in [-0.15, -0.1) is 0 Å². The molecule has 1 aromatic heterocycles. The van der Waals surface area contributed by atoms with Crippen LogP contribution in [0.4, 0.5) is 0 Å². The topological polar surface area (TPSA) is 50.1 Å². The number of rotatable bonds is 9. The molecule has 0 aliphatic carbocycles. The third kappa shape index (κ3) is 5.19. The Morgan fingerprint density at radius 1 is 1.44 bits per heavy atom. The van der Waals surface area contributed by atoms with Gasteiger partial charge in [0.25, 0.3) is 0 Å². The molecule has 0 unspecified atom stereocenters. The van der Waals surface area contributed by atoms with Gasteiger partial charge in [0.1, 0.15) is 5.82 Å². The minimum absolute atomic E-state index is 0.227. The molecule has 0 saturated heterocycles. The molecule has 0 aliphatic rings. The Morgan fingerprint density at radius 2 is 2.22 bits per heavy atom. The van der Waals surface area contributed by atoms with Gasteiger partial charge < -0.3 is 15.0 Å². The summed E-state index contributed by atoms with van der Waals surface area (Å²) in [5, 5.41) is 12.3. The molecule has 104 valence electrons. The quantitative estimate of drug-likeness (QED) is 0.709. The highest BCUT2D eigenvalue weighted by Crippen LogP contribution is 2.20. The molecule has 0 atom stereocenters. The van der Waals surface area contributed by atoms with Crippen LogP contribution in [0.2, 0.25) is 0 Å². The molecular weight excluding hydrogens is 226 g/mol. The molecule has 0 fully saturated rings. The minimum atomic E-state index is 0.227. The van der Waals surface area contributed by atoms with Crippen LogP contribution >= 0.6 is 0 Å². The summed E-state index contributed by atoms with van der Waals surface area (Å²) in [7, 11) is 0. The average Bonchev–Trinajstić information content (AvgIpc) is 2.75. The van der Waals surface area contributed by atoms with Crippen LogP contribution in [0.1, 0.15) is 45.9 Å². The number of aliphatic hydroxyl groups is 1. The lowest BCUT2D eigenvalue weighted by Crippen LogP contribution is -2.30. The van der Waals surface area contributed by atoms with Gasteiger partial charge in [0.05, 0.1) is 6.54 Å². The van der Waals surface area contributed by atoms with Crippen LogP contribution in [-0.2, 0) is 13.1 Å². The molecule has 0 bridgehead atoms. The van der Waals surface area contributed by atoms with Crippen molar-refractivity contribution < 1.29 is 5.11 Å². The van der Waals surface area contributed by atoms with Crippen LogP contribution < -0.4 is 5.32 Å². The number of nitrogens with one attached hydrogen (secondary N) is 1. The minimum Gasteiger partial charge on any atom is -0.396 e. The predicted molar refractivity (Wildman–Crippen MR) is 74.3 cm³/mol. The molecule has 1 aromatic rings. The molecule has 0 aliphatic heterocycles. The third-order valence-corrected chi connectivity index (χ3v) is 3.16. The molecule has 18 heavy (non-hydrogen) atoms. The zero-order chi connectivity index (χ0) is 13.4. The number of hydrogen-bond donors (Lipinski definition) is 2. The Labute approximate surface area is 110 Å². The van der Waals surface area contributed by atoms with E-state index < -0.39 is 0 Å². The second-order valence-electron chi connectivity index (χ2n) is 5.63. The number of nitrogens with zero attached hydrogens (tertiary/aromatic N) is 2. The Bertz CT molecular complexity index is 334. The molecule has 1 rings (SSSR count). The fourth-order valence-corrected chi connectivity index (χ4v) is 2.11. The van der Waals surface area contributed by atoms with Gasteiger partial charge in [-0.2, -0.15) is 0 Å². The summed E-state index contributed by atoms with van der Waals surface area (Å²) >= 11 is 0. The number of aryl methyl sites for hydroxylation is 1. The smallest absolute Gasteiger partial charge is 0.122 e.